The molecule has 1 atom stereocenters. The minimum absolute atomic E-state index is 0.00550. The molecule has 1 heterocycles. The van der Waals surface area contributed by atoms with Crippen LogP contribution in [0.4, 0.5) is 0 Å². The SMILES string of the molecule is CC(=O)CC1CCCCCN1S(=O)(=O)CC#N. The van der Waals surface area contributed by atoms with E-state index in [1.165, 1.54) is 11.2 Å². The van der Waals surface area contributed by atoms with E-state index in [1.54, 1.807) is 6.07 Å². The van der Waals surface area contributed by atoms with E-state index in [1.807, 2.05) is 0 Å². The summed E-state index contributed by atoms with van der Waals surface area (Å²) >= 11 is 0. The van der Waals surface area contributed by atoms with Gasteiger partial charge in [-0.25, -0.2) is 8.42 Å². The highest BCUT2D eigenvalue weighted by Crippen LogP contribution is 2.22. The fourth-order valence-electron chi connectivity index (χ4n) is 2.22. The lowest BCUT2D eigenvalue weighted by Gasteiger charge is -2.27. The number of carbonyl (C=O) groups excluding carboxylic acids is 1. The zero-order valence-electron chi connectivity index (χ0n) is 10.1. The molecule has 5 nitrogen and oxygen atoms in total. The first-order valence-electron chi connectivity index (χ1n) is 5.83. The van der Waals surface area contributed by atoms with Crippen LogP contribution in [0.15, 0.2) is 0 Å². The summed E-state index contributed by atoms with van der Waals surface area (Å²) in [6, 6.07) is 1.43. The second kappa shape index (κ2) is 6.12. The number of rotatable bonds is 4. The average Bonchev–Trinajstić information content (AvgIpc) is 2.42. The molecular formula is C11H18N2O3S. The van der Waals surface area contributed by atoms with E-state index in [4.69, 9.17) is 5.26 Å². The standard InChI is InChI=1S/C11H18N2O3S/c1-10(14)9-11-5-3-2-4-7-13(11)17(15,16)8-6-12/h11H,2-5,7-9H2,1H3. The highest BCUT2D eigenvalue weighted by molar-refractivity contribution is 7.89. The summed E-state index contributed by atoms with van der Waals surface area (Å²) in [5, 5.41) is 8.55. The van der Waals surface area contributed by atoms with Crippen LogP contribution in [0.3, 0.4) is 0 Å². The number of nitrogens with zero attached hydrogens (tertiary/aromatic N) is 2. The predicted molar refractivity (Wildman–Crippen MR) is 63.7 cm³/mol. The second-order valence-corrected chi connectivity index (χ2v) is 6.36. The van der Waals surface area contributed by atoms with E-state index in [0.717, 1.165) is 19.3 Å². The van der Waals surface area contributed by atoms with Gasteiger partial charge in [-0.2, -0.15) is 9.57 Å². The van der Waals surface area contributed by atoms with Gasteiger partial charge in [0.05, 0.1) is 6.07 Å². The Balaban J connectivity index is 2.89. The van der Waals surface area contributed by atoms with Crippen molar-refractivity contribution in [2.24, 2.45) is 0 Å². The molecule has 1 rings (SSSR count). The van der Waals surface area contributed by atoms with E-state index in [9.17, 15) is 13.2 Å². The second-order valence-electron chi connectivity index (χ2n) is 4.43. The van der Waals surface area contributed by atoms with Crippen LogP contribution >= 0.6 is 0 Å². The smallest absolute Gasteiger partial charge is 0.227 e. The third-order valence-corrected chi connectivity index (χ3v) is 4.64. The summed E-state index contributed by atoms with van der Waals surface area (Å²) in [5.74, 6) is -0.504. The molecule has 1 saturated heterocycles. The molecule has 0 aromatic rings. The Morgan fingerprint density at radius 2 is 2.12 bits per heavy atom. The van der Waals surface area contributed by atoms with Crippen molar-refractivity contribution >= 4 is 15.8 Å². The van der Waals surface area contributed by atoms with Gasteiger partial charge in [-0.3, -0.25) is 4.79 Å². The molecule has 96 valence electrons. The third-order valence-electron chi connectivity index (χ3n) is 2.95. The minimum atomic E-state index is -3.53. The molecule has 0 aliphatic carbocycles. The van der Waals surface area contributed by atoms with Crippen molar-refractivity contribution in [2.75, 3.05) is 12.3 Å². The maximum Gasteiger partial charge on any atom is 0.227 e. The van der Waals surface area contributed by atoms with Crippen molar-refractivity contribution < 1.29 is 13.2 Å². The zero-order chi connectivity index (χ0) is 12.9. The number of hydrogen-bond acceptors (Lipinski definition) is 4. The summed E-state index contributed by atoms with van der Waals surface area (Å²) in [6.07, 6.45) is 3.69. The van der Waals surface area contributed by atoms with Gasteiger partial charge in [0.25, 0.3) is 0 Å². The first-order chi connectivity index (χ1) is 7.97. The Morgan fingerprint density at radius 1 is 1.41 bits per heavy atom. The summed E-state index contributed by atoms with van der Waals surface area (Å²) in [5.41, 5.74) is 0. The Hall–Kier alpha value is -0.930. The van der Waals surface area contributed by atoms with Gasteiger partial charge in [-0.1, -0.05) is 12.8 Å². The third kappa shape index (κ3) is 4.10. The van der Waals surface area contributed by atoms with Gasteiger partial charge in [0.15, 0.2) is 5.75 Å². The topological polar surface area (TPSA) is 78.2 Å². The van der Waals surface area contributed by atoms with E-state index in [-0.39, 0.29) is 18.2 Å². The Bertz CT molecular complexity index is 411. The minimum Gasteiger partial charge on any atom is -0.300 e. The average molecular weight is 258 g/mol. The summed E-state index contributed by atoms with van der Waals surface area (Å²) in [6.45, 7) is 1.90. The largest absolute Gasteiger partial charge is 0.300 e. The molecule has 1 fully saturated rings. The van der Waals surface area contributed by atoms with Gasteiger partial charge in [-0.05, 0) is 19.8 Å². The van der Waals surface area contributed by atoms with E-state index in [2.05, 4.69) is 0 Å². The molecule has 6 heteroatoms. The summed E-state index contributed by atoms with van der Waals surface area (Å²) in [4.78, 5) is 11.2. The molecule has 0 aromatic carbocycles. The maximum absolute atomic E-state index is 11.9. The van der Waals surface area contributed by atoms with Crippen LogP contribution in [0.5, 0.6) is 0 Å². The van der Waals surface area contributed by atoms with Crippen molar-refractivity contribution in [3.63, 3.8) is 0 Å². The van der Waals surface area contributed by atoms with Gasteiger partial charge in [0.2, 0.25) is 10.0 Å². The number of Topliss-reactive ketones (excluding diaryl/α,β-unsaturated/α-hetero) is 1. The fraction of sp³-hybridized carbons (Fsp3) is 0.818. The number of hydrogen-bond donors (Lipinski definition) is 0. The molecule has 0 amide bonds. The van der Waals surface area contributed by atoms with Crippen LogP contribution in [0.1, 0.15) is 39.0 Å². The molecule has 17 heavy (non-hydrogen) atoms. The quantitative estimate of drug-likeness (QED) is 0.755. The molecule has 0 bridgehead atoms. The van der Waals surface area contributed by atoms with Gasteiger partial charge in [-0.15, -0.1) is 0 Å². The molecule has 0 spiro atoms. The summed E-state index contributed by atoms with van der Waals surface area (Å²) < 4.78 is 25.2. The van der Waals surface area contributed by atoms with Crippen LogP contribution < -0.4 is 0 Å². The lowest BCUT2D eigenvalue weighted by molar-refractivity contribution is -0.117. The van der Waals surface area contributed by atoms with Crippen molar-refractivity contribution in [2.45, 2.75) is 45.1 Å². The predicted octanol–water partition coefficient (Wildman–Crippen LogP) is 1.06. The molecule has 0 N–H and O–H groups in total. The Labute approximate surface area is 102 Å². The number of sulfonamides is 1. The summed E-state index contributed by atoms with van der Waals surface area (Å²) in [7, 11) is -3.53. The van der Waals surface area contributed by atoms with Crippen molar-refractivity contribution in [3.05, 3.63) is 0 Å². The maximum atomic E-state index is 11.9. The number of nitriles is 1. The van der Waals surface area contributed by atoms with Gasteiger partial charge in [0, 0.05) is 19.0 Å². The highest BCUT2D eigenvalue weighted by atomic mass is 32.2. The van der Waals surface area contributed by atoms with Gasteiger partial charge < -0.3 is 0 Å². The molecule has 0 saturated carbocycles. The van der Waals surface area contributed by atoms with Crippen LogP contribution in [0.25, 0.3) is 0 Å². The fourth-order valence-corrected chi connectivity index (χ4v) is 3.59. The molecule has 1 aliphatic rings. The first kappa shape index (κ1) is 14.1. The Morgan fingerprint density at radius 3 is 2.71 bits per heavy atom. The zero-order valence-corrected chi connectivity index (χ0v) is 10.9. The molecule has 0 radical (unpaired) electrons. The van der Waals surface area contributed by atoms with Crippen molar-refractivity contribution in [1.29, 1.82) is 5.26 Å². The van der Waals surface area contributed by atoms with Crippen LogP contribution in [0, 0.1) is 11.3 Å². The van der Waals surface area contributed by atoms with Gasteiger partial charge >= 0.3 is 0 Å². The lowest BCUT2D eigenvalue weighted by atomic mass is 10.1. The monoisotopic (exact) mass is 258 g/mol. The molecule has 1 unspecified atom stereocenters. The molecular weight excluding hydrogens is 240 g/mol. The molecule has 1 aliphatic heterocycles. The number of ketones is 1. The van der Waals surface area contributed by atoms with Crippen LogP contribution in [-0.2, 0) is 14.8 Å². The Kier molecular flexibility index (Phi) is 5.09. The highest BCUT2D eigenvalue weighted by Gasteiger charge is 2.31. The van der Waals surface area contributed by atoms with Crippen LogP contribution in [0.2, 0.25) is 0 Å². The van der Waals surface area contributed by atoms with E-state index >= 15 is 0 Å². The lowest BCUT2D eigenvalue weighted by Crippen LogP contribution is -2.41. The van der Waals surface area contributed by atoms with Crippen LogP contribution in [-0.4, -0.2) is 36.8 Å². The first-order valence-corrected chi connectivity index (χ1v) is 7.44. The van der Waals surface area contributed by atoms with E-state index < -0.39 is 15.8 Å². The van der Waals surface area contributed by atoms with Gasteiger partial charge in [0.1, 0.15) is 5.78 Å². The van der Waals surface area contributed by atoms with E-state index in [0.29, 0.717) is 13.0 Å². The number of carbonyl (C=O) groups is 1. The van der Waals surface area contributed by atoms with Crippen molar-refractivity contribution in [1.82, 2.24) is 4.31 Å². The van der Waals surface area contributed by atoms with Crippen molar-refractivity contribution in [3.8, 4) is 6.07 Å². The normalized spacial score (nSPS) is 22.7. The molecule has 0 aromatic heterocycles.